The molecular formula is C12H11ClN4OS. The smallest absolute Gasteiger partial charge is 0.234 e. The van der Waals surface area contributed by atoms with Gasteiger partial charge in [0.25, 0.3) is 0 Å². The van der Waals surface area contributed by atoms with Crippen LogP contribution >= 0.6 is 22.9 Å². The van der Waals surface area contributed by atoms with Crippen molar-refractivity contribution in [3.8, 4) is 16.3 Å². The summed E-state index contributed by atoms with van der Waals surface area (Å²) >= 11 is 7.62. The number of hydrogen-bond donors (Lipinski definition) is 0. The Bertz CT molecular complexity index is 736. The zero-order valence-corrected chi connectivity index (χ0v) is 12.0. The SMILES string of the molecule is CCc1nnc2sc(-c3ccc(OC)c(Cl)c3)nn12. The molecule has 0 amide bonds. The molecule has 0 aliphatic carbocycles. The van der Waals surface area contributed by atoms with Crippen LogP contribution in [0.25, 0.3) is 15.5 Å². The molecule has 3 rings (SSSR count). The zero-order valence-electron chi connectivity index (χ0n) is 10.4. The highest BCUT2D eigenvalue weighted by atomic mass is 35.5. The molecule has 0 atom stereocenters. The number of hydrogen-bond acceptors (Lipinski definition) is 5. The second-order valence-electron chi connectivity index (χ2n) is 3.92. The molecular weight excluding hydrogens is 284 g/mol. The van der Waals surface area contributed by atoms with Crippen LogP contribution in [0, 0.1) is 0 Å². The summed E-state index contributed by atoms with van der Waals surface area (Å²) in [7, 11) is 1.59. The second-order valence-corrected chi connectivity index (χ2v) is 5.28. The van der Waals surface area contributed by atoms with E-state index in [1.807, 2.05) is 25.1 Å². The van der Waals surface area contributed by atoms with Crippen molar-refractivity contribution in [2.45, 2.75) is 13.3 Å². The minimum atomic E-state index is 0.571. The highest BCUT2D eigenvalue weighted by Gasteiger charge is 2.12. The van der Waals surface area contributed by atoms with E-state index in [-0.39, 0.29) is 0 Å². The molecule has 2 aromatic heterocycles. The molecule has 2 heterocycles. The number of methoxy groups -OCH3 is 1. The van der Waals surface area contributed by atoms with E-state index in [9.17, 15) is 0 Å². The Hall–Kier alpha value is -1.66. The Morgan fingerprint density at radius 1 is 1.37 bits per heavy atom. The molecule has 0 radical (unpaired) electrons. The molecule has 1 aromatic carbocycles. The third kappa shape index (κ3) is 2.06. The zero-order chi connectivity index (χ0) is 13.4. The van der Waals surface area contributed by atoms with Gasteiger partial charge in [0.15, 0.2) is 5.82 Å². The summed E-state index contributed by atoms with van der Waals surface area (Å²) in [6.07, 6.45) is 0.799. The average Bonchev–Trinajstić information content (AvgIpc) is 2.98. The van der Waals surface area contributed by atoms with E-state index in [0.717, 1.165) is 27.8 Å². The first kappa shape index (κ1) is 12.4. The van der Waals surface area contributed by atoms with Crippen molar-refractivity contribution in [3.05, 3.63) is 29.0 Å². The van der Waals surface area contributed by atoms with Crippen LogP contribution in [0.5, 0.6) is 5.75 Å². The van der Waals surface area contributed by atoms with E-state index >= 15 is 0 Å². The fraction of sp³-hybridized carbons (Fsp3) is 0.250. The quantitative estimate of drug-likeness (QED) is 0.745. The van der Waals surface area contributed by atoms with Crippen LogP contribution < -0.4 is 4.74 Å². The Labute approximate surface area is 118 Å². The van der Waals surface area contributed by atoms with Gasteiger partial charge in [0.2, 0.25) is 4.96 Å². The van der Waals surface area contributed by atoms with Gasteiger partial charge in [0, 0.05) is 12.0 Å². The molecule has 0 saturated carbocycles. The molecule has 0 aliphatic heterocycles. The van der Waals surface area contributed by atoms with Gasteiger partial charge < -0.3 is 4.74 Å². The van der Waals surface area contributed by atoms with E-state index in [0.29, 0.717) is 10.8 Å². The van der Waals surface area contributed by atoms with Gasteiger partial charge in [-0.2, -0.15) is 9.61 Å². The van der Waals surface area contributed by atoms with Crippen molar-refractivity contribution in [1.29, 1.82) is 0 Å². The van der Waals surface area contributed by atoms with Crippen LogP contribution in [-0.2, 0) is 6.42 Å². The number of benzene rings is 1. The average molecular weight is 295 g/mol. The molecule has 0 bridgehead atoms. The monoisotopic (exact) mass is 294 g/mol. The molecule has 0 saturated heterocycles. The Morgan fingerprint density at radius 2 is 2.21 bits per heavy atom. The van der Waals surface area contributed by atoms with Gasteiger partial charge in [0.1, 0.15) is 10.8 Å². The fourth-order valence-electron chi connectivity index (χ4n) is 1.79. The molecule has 0 unspecified atom stereocenters. The first-order valence-electron chi connectivity index (χ1n) is 5.78. The number of aryl methyl sites for hydroxylation is 1. The van der Waals surface area contributed by atoms with Crippen molar-refractivity contribution in [2.75, 3.05) is 7.11 Å². The highest BCUT2D eigenvalue weighted by molar-refractivity contribution is 7.19. The van der Waals surface area contributed by atoms with E-state index in [4.69, 9.17) is 16.3 Å². The standard InChI is InChI=1S/C12H11ClN4OS/c1-3-10-14-15-12-17(10)16-11(19-12)7-4-5-9(18-2)8(13)6-7/h4-6H,3H2,1-2H3. The maximum atomic E-state index is 6.13. The molecule has 3 aromatic rings. The van der Waals surface area contributed by atoms with Gasteiger partial charge in [-0.25, -0.2) is 0 Å². The van der Waals surface area contributed by atoms with Crippen molar-refractivity contribution < 1.29 is 4.74 Å². The molecule has 19 heavy (non-hydrogen) atoms. The Kier molecular flexibility index (Phi) is 3.12. The summed E-state index contributed by atoms with van der Waals surface area (Å²) in [5.74, 6) is 1.51. The largest absolute Gasteiger partial charge is 0.495 e. The number of fused-ring (bicyclic) bond motifs is 1. The molecule has 7 heteroatoms. The maximum Gasteiger partial charge on any atom is 0.234 e. The lowest BCUT2D eigenvalue weighted by Gasteiger charge is -2.03. The van der Waals surface area contributed by atoms with E-state index in [1.165, 1.54) is 11.3 Å². The van der Waals surface area contributed by atoms with Gasteiger partial charge >= 0.3 is 0 Å². The number of nitrogens with zero attached hydrogens (tertiary/aromatic N) is 4. The van der Waals surface area contributed by atoms with Crippen molar-refractivity contribution in [1.82, 2.24) is 19.8 Å². The topological polar surface area (TPSA) is 52.3 Å². The number of aromatic nitrogens is 4. The summed E-state index contributed by atoms with van der Waals surface area (Å²) in [5, 5.41) is 14.1. The van der Waals surface area contributed by atoms with E-state index < -0.39 is 0 Å². The van der Waals surface area contributed by atoms with Crippen LogP contribution in [0.15, 0.2) is 18.2 Å². The highest BCUT2D eigenvalue weighted by Crippen LogP contribution is 2.32. The number of rotatable bonds is 3. The van der Waals surface area contributed by atoms with Crippen LogP contribution in [0.3, 0.4) is 0 Å². The van der Waals surface area contributed by atoms with Gasteiger partial charge in [0.05, 0.1) is 12.1 Å². The lowest BCUT2D eigenvalue weighted by molar-refractivity contribution is 0.415. The molecule has 0 spiro atoms. The van der Waals surface area contributed by atoms with Crippen LogP contribution in [-0.4, -0.2) is 26.9 Å². The number of halogens is 1. The molecule has 0 aliphatic rings. The lowest BCUT2D eigenvalue weighted by Crippen LogP contribution is -1.93. The maximum absolute atomic E-state index is 6.13. The normalized spacial score (nSPS) is 11.1. The predicted octanol–water partition coefficient (Wildman–Crippen LogP) is 3.08. The predicted molar refractivity (Wildman–Crippen MR) is 75.0 cm³/mol. The number of ether oxygens (including phenoxy) is 1. The van der Waals surface area contributed by atoms with Gasteiger partial charge in [-0.05, 0) is 18.2 Å². The molecule has 0 N–H and O–H groups in total. The first-order valence-corrected chi connectivity index (χ1v) is 6.97. The van der Waals surface area contributed by atoms with Crippen LogP contribution in [0.4, 0.5) is 0 Å². The minimum Gasteiger partial charge on any atom is -0.495 e. The Morgan fingerprint density at radius 3 is 2.89 bits per heavy atom. The minimum absolute atomic E-state index is 0.571. The van der Waals surface area contributed by atoms with E-state index in [1.54, 1.807) is 11.6 Å². The fourth-order valence-corrected chi connectivity index (χ4v) is 2.91. The lowest BCUT2D eigenvalue weighted by atomic mass is 10.2. The second kappa shape index (κ2) is 4.79. The first-order chi connectivity index (χ1) is 9.22. The Balaban J connectivity index is 2.08. The van der Waals surface area contributed by atoms with Gasteiger partial charge in [-0.15, -0.1) is 10.2 Å². The molecule has 98 valence electrons. The van der Waals surface area contributed by atoms with Gasteiger partial charge in [-0.1, -0.05) is 29.9 Å². The van der Waals surface area contributed by atoms with Crippen molar-refractivity contribution >= 4 is 27.9 Å². The summed E-state index contributed by atoms with van der Waals surface area (Å²) in [5.41, 5.74) is 0.948. The van der Waals surface area contributed by atoms with Crippen molar-refractivity contribution in [3.63, 3.8) is 0 Å². The van der Waals surface area contributed by atoms with Crippen LogP contribution in [0.2, 0.25) is 5.02 Å². The summed E-state index contributed by atoms with van der Waals surface area (Å²) < 4.78 is 6.92. The van der Waals surface area contributed by atoms with Crippen LogP contribution in [0.1, 0.15) is 12.7 Å². The summed E-state index contributed by atoms with van der Waals surface area (Å²) in [4.78, 5) is 0.791. The molecule has 0 fully saturated rings. The molecule has 5 nitrogen and oxygen atoms in total. The van der Waals surface area contributed by atoms with Gasteiger partial charge in [-0.3, -0.25) is 0 Å². The summed E-state index contributed by atoms with van der Waals surface area (Å²) in [6.45, 7) is 2.03. The van der Waals surface area contributed by atoms with Crippen molar-refractivity contribution in [2.24, 2.45) is 0 Å². The van der Waals surface area contributed by atoms with E-state index in [2.05, 4.69) is 15.3 Å². The third-order valence-electron chi connectivity index (χ3n) is 2.77. The summed E-state index contributed by atoms with van der Waals surface area (Å²) in [6, 6.07) is 5.61. The third-order valence-corrected chi connectivity index (χ3v) is 4.01.